The van der Waals surface area contributed by atoms with Gasteiger partial charge in [0, 0.05) is 18.7 Å². The quantitative estimate of drug-likeness (QED) is 0.313. The molecule has 7 heteroatoms. The zero-order chi connectivity index (χ0) is 24.6. The molecule has 6 rings (SSSR count). The SMILES string of the molecule is CCCCc1ccc(-n2c3nc4ccccc4nc3c3c(=O)n(C[C@@H]4CCCO4)c(CC)nc32)cc1. The number of hydrogen-bond donors (Lipinski definition) is 0. The molecule has 0 bridgehead atoms. The molecule has 1 aliphatic rings. The van der Waals surface area contributed by atoms with Crippen LogP contribution in [0.3, 0.4) is 0 Å². The van der Waals surface area contributed by atoms with Gasteiger partial charge in [0.15, 0.2) is 11.3 Å². The Morgan fingerprint density at radius 1 is 0.972 bits per heavy atom. The van der Waals surface area contributed by atoms with Crippen molar-refractivity contribution in [2.75, 3.05) is 6.61 Å². The Balaban J connectivity index is 1.63. The van der Waals surface area contributed by atoms with E-state index in [-0.39, 0.29) is 11.7 Å². The van der Waals surface area contributed by atoms with E-state index in [9.17, 15) is 4.79 Å². The third kappa shape index (κ3) is 3.88. The van der Waals surface area contributed by atoms with E-state index in [1.54, 1.807) is 4.57 Å². The zero-order valence-electron chi connectivity index (χ0n) is 20.9. The first-order valence-corrected chi connectivity index (χ1v) is 13.1. The molecule has 0 N–H and O–H groups in total. The fourth-order valence-corrected chi connectivity index (χ4v) is 5.26. The summed E-state index contributed by atoms with van der Waals surface area (Å²) in [4.78, 5) is 29.0. The van der Waals surface area contributed by atoms with E-state index in [2.05, 4.69) is 31.2 Å². The maximum absolute atomic E-state index is 14.0. The summed E-state index contributed by atoms with van der Waals surface area (Å²) < 4.78 is 9.66. The van der Waals surface area contributed by atoms with Gasteiger partial charge in [-0.05, 0) is 55.5 Å². The minimum absolute atomic E-state index is 0.0446. The number of fused-ring (bicyclic) bond motifs is 4. The Bertz CT molecular complexity index is 1610. The Morgan fingerprint density at radius 3 is 2.44 bits per heavy atom. The average Bonchev–Trinajstić information content (AvgIpc) is 3.53. The number of hydrogen-bond acceptors (Lipinski definition) is 5. The molecular formula is C29H31N5O2. The zero-order valence-corrected chi connectivity index (χ0v) is 20.9. The van der Waals surface area contributed by atoms with Crippen molar-refractivity contribution in [2.45, 2.75) is 65.0 Å². The molecule has 0 saturated carbocycles. The number of aryl methyl sites for hydroxylation is 2. The van der Waals surface area contributed by atoms with Crippen molar-refractivity contribution in [2.24, 2.45) is 0 Å². The van der Waals surface area contributed by atoms with E-state index in [0.29, 0.717) is 35.2 Å². The Hall–Kier alpha value is -3.58. The predicted octanol–water partition coefficient (Wildman–Crippen LogP) is 5.37. The van der Waals surface area contributed by atoms with Crippen LogP contribution in [0.1, 0.15) is 50.9 Å². The topological polar surface area (TPSA) is 74.8 Å². The van der Waals surface area contributed by atoms with Crippen molar-refractivity contribution >= 4 is 33.2 Å². The second-order valence-corrected chi connectivity index (χ2v) is 9.62. The highest BCUT2D eigenvalue weighted by atomic mass is 16.5. The molecule has 0 radical (unpaired) electrons. The maximum Gasteiger partial charge on any atom is 0.265 e. The maximum atomic E-state index is 14.0. The monoisotopic (exact) mass is 481 g/mol. The Labute approximate surface area is 209 Å². The molecule has 0 unspecified atom stereocenters. The molecule has 0 spiro atoms. The predicted molar refractivity (Wildman–Crippen MR) is 143 cm³/mol. The molecule has 36 heavy (non-hydrogen) atoms. The van der Waals surface area contributed by atoms with E-state index in [4.69, 9.17) is 19.7 Å². The molecule has 1 aliphatic heterocycles. The lowest BCUT2D eigenvalue weighted by atomic mass is 10.1. The highest BCUT2D eigenvalue weighted by Gasteiger charge is 2.25. The largest absolute Gasteiger partial charge is 0.376 e. The summed E-state index contributed by atoms with van der Waals surface area (Å²) >= 11 is 0. The second kappa shape index (κ2) is 9.47. The van der Waals surface area contributed by atoms with Gasteiger partial charge < -0.3 is 4.74 Å². The third-order valence-electron chi connectivity index (χ3n) is 7.18. The molecular weight excluding hydrogens is 450 g/mol. The summed E-state index contributed by atoms with van der Waals surface area (Å²) in [5, 5.41) is 0.522. The van der Waals surface area contributed by atoms with Crippen LogP contribution < -0.4 is 5.56 Å². The molecule has 4 heterocycles. The van der Waals surface area contributed by atoms with E-state index < -0.39 is 0 Å². The van der Waals surface area contributed by atoms with Crippen molar-refractivity contribution in [1.82, 2.24) is 24.1 Å². The molecule has 7 nitrogen and oxygen atoms in total. The fraction of sp³-hybridized carbons (Fsp3) is 0.379. The van der Waals surface area contributed by atoms with Gasteiger partial charge in [0.05, 0.1) is 23.7 Å². The van der Waals surface area contributed by atoms with Crippen LogP contribution >= 0.6 is 0 Å². The number of para-hydroxylation sites is 2. The summed E-state index contributed by atoms with van der Waals surface area (Å²) in [6.07, 6.45) is 6.07. The minimum atomic E-state index is -0.0692. The third-order valence-corrected chi connectivity index (χ3v) is 7.18. The highest BCUT2D eigenvalue weighted by Crippen LogP contribution is 2.29. The second-order valence-electron chi connectivity index (χ2n) is 9.62. The van der Waals surface area contributed by atoms with E-state index in [1.165, 1.54) is 12.0 Å². The normalized spacial score (nSPS) is 16.0. The minimum Gasteiger partial charge on any atom is -0.376 e. The molecule has 1 atom stereocenters. The van der Waals surface area contributed by atoms with Gasteiger partial charge in [-0.3, -0.25) is 13.9 Å². The Kier molecular flexibility index (Phi) is 6.01. The van der Waals surface area contributed by atoms with Gasteiger partial charge in [0.1, 0.15) is 16.7 Å². The lowest BCUT2D eigenvalue weighted by Crippen LogP contribution is -2.30. The number of aromatic nitrogens is 5. The van der Waals surface area contributed by atoms with Crippen LogP contribution in [-0.4, -0.2) is 36.8 Å². The molecule has 0 amide bonds. The molecule has 2 aromatic carbocycles. The number of rotatable bonds is 7. The van der Waals surface area contributed by atoms with E-state index in [1.807, 2.05) is 35.8 Å². The number of benzene rings is 2. The molecule has 0 aliphatic carbocycles. The van der Waals surface area contributed by atoms with Gasteiger partial charge in [-0.2, -0.15) is 0 Å². The van der Waals surface area contributed by atoms with Crippen molar-refractivity contribution < 1.29 is 4.74 Å². The van der Waals surface area contributed by atoms with E-state index in [0.717, 1.165) is 54.8 Å². The molecule has 1 fully saturated rings. The standard InChI is InChI=1S/C29H31N5O2/c1-3-5-9-19-13-15-20(16-14-19)34-27-25(26-28(34)31-23-12-7-6-11-22(23)30-26)29(35)33(24(4-2)32-27)18-21-10-8-17-36-21/h6-7,11-16,21H,3-5,8-10,17-18H2,1-2H3/t21-/m0/s1. The van der Waals surface area contributed by atoms with E-state index >= 15 is 0 Å². The van der Waals surface area contributed by atoms with Crippen molar-refractivity contribution in [3.05, 3.63) is 70.3 Å². The molecule has 3 aromatic heterocycles. The first-order chi connectivity index (χ1) is 17.7. The van der Waals surface area contributed by atoms with Crippen LogP contribution in [-0.2, 0) is 24.1 Å². The molecule has 184 valence electrons. The molecule has 5 aromatic rings. The van der Waals surface area contributed by atoms with Gasteiger partial charge in [0.2, 0.25) is 0 Å². The van der Waals surface area contributed by atoms with Crippen LogP contribution in [0.4, 0.5) is 0 Å². The number of unbranched alkanes of at least 4 members (excludes halogenated alkanes) is 1. The van der Waals surface area contributed by atoms with Gasteiger partial charge in [-0.25, -0.2) is 15.0 Å². The van der Waals surface area contributed by atoms with Crippen LogP contribution in [0.2, 0.25) is 0 Å². The summed E-state index contributed by atoms with van der Waals surface area (Å²) in [5.41, 5.74) is 5.61. The smallest absolute Gasteiger partial charge is 0.265 e. The lowest BCUT2D eigenvalue weighted by molar-refractivity contribution is 0.0953. The van der Waals surface area contributed by atoms with Gasteiger partial charge >= 0.3 is 0 Å². The summed E-state index contributed by atoms with van der Waals surface area (Å²) in [6.45, 7) is 5.52. The lowest BCUT2D eigenvalue weighted by Gasteiger charge is -2.16. The summed E-state index contributed by atoms with van der Waals surface area (Å²) in [6, 6.07) is 16.3. The summed E-state index contributed by atoms with van der Waals surface area (Å²) in [7, 11) is 0. The number of ether oxygens (including phenoxy) is 1. The van der Waals surface area contributed by atoms with Crippen molar-refractivity contribution in [1.29, 1.82) is 0 Å². The van der Waals surface area contributed by atoms with Crippen LogP contribution in [0.25, 0.3) is 38.9 Å². The van der Waals surface area contributed by atoms with Crippen molar-refractivity contribution in [3.8, 4) is 5.69 Å². The van der Waals surface area contributed by atoms with Crippen LogP contribution in [0.15, 0.2) is 53.3 Å². The Morgan fingerprint density at radius 2 is 1.75 bits per heavy atom. The van der Waals surface area contributed by atoms with Crippen molar-refractivity contribution in [3.63, 3.8) is 0 Å². The number of nitrogens with zero attached hydrogens (tertiary/aromatic N) is 5. The fourth-order valence-electron chi connectivity index (χ4n) is 5.26. The van der Waals surface area contributed by atoms with Crippen LogP contribution in [0.5, 0.6) is 0 Å². The van der Waals surface area contributed by atoms with Gasteiger partial charge in [-0.15, -0.1) is 0 Å². The van der Waals surface area contributed by atoms with Gasteiger partial charge in [-0.1, -0.05) is 44.5 Å². The molecule has 1 saturated heterocycles. The summed E-state index contributed by atoms with van der Waals surface area (Å²) in [5.74, 6) is 0.760. The first kappa shape index (κ1) is 22.9. The van der Waals surface area contributed by atoms with Gasteiger partial charge in [0.25, 0.3) is 5.56 Å². The average molecular weight is 482 g/mol. The highest BCUT2D eigenvalue weighted by molar-refractivity contribution is 6.05. The first-order valence-electron chi connectivity index (χ1n) is 13.1. The van der Waals surface area contributed by atoms with Crippen LogP contribution in [0, 0.1) is 0 Å².